The van der Waals surface area contributed by atoms with Crippen molar-refractivity contribution in [3.63, 3.8) is 0 Å². The molecule has 0 bridgehead atoms. The van der Waals surface area contributed by atoms with Crippen LogP contribution in [0.25, 0.3) is 22.3 Å². The molecule has 0 aliphatic rings. The molecule has 3 rings (SSSR count). The van der Waals surface area contributed by atoms with Crippen LogP contribution in [0, 0.1) is 0 Å². The first-order chi connectivity index (χ1) is 11.8. The lowest BCUT2D eigenvalue weighted by atomic mass is 10.1. The summed E-state index contributed by atoms with van der Waals surface area (Å²) in [4.78, 5) is 8.24. The number of hydrogen-bond acceptors (Lipinski definition) is 8. The molecule has 0 aliphatic carbocycles. The molecular weight excluding hydrogens is 346 g/mol. The fourth-order valence-corrected chi connectivity index (χ4v) is 2.96. The van der Waals surface area contributed by atoms with Crippen LogP contribution in [0.2, 0.25) is 0 Å². The van der Waals surface area contributed by atoms with Crippen LogP contribution in [0.3, 0.4) is 0 Å². The zero-order valence-electron chi connectivity index (χ0n) is 14.1. The maximum atomic E-state index is 11.9. The van der Waals surface area contributed by atoms with Crippen LogP contribution in [-0.2, 0) is 16.9 Å². The summed E-state index contributed by atoms with van der Waals surface area (Å²) in [5.74, 6) is 1.36. The van der Waals surface area contributed by atoms with Crippen LogP contribution in [-0.4, -0.2) is 48.6 Å². The van der Waals surface area contributed by atoms with E-state index in [0.29, 0.717) is 34.0 Å². The molecule has 2 aromatic heterocycles. The molecule has 0 saturated carbocycles. The summed E-state index contributed by atoms with van der Waals surface area (Å²) < 4.78 is 35.8. The number of methoxy groups -OCH3 is 2. The Bertz CT molecular complexity index is 1080. The highest BCUT2D eigenvalue weighted by atomic mass is 32.2. The third kappa shape index (κ3) is 2.84. The number of aromatic nitrogens is 4. The fourth-order valence-electron chi connectivity index (χ4n) is 2.45. The van der Waals surface area contributed by atoms with E-state index in [1.54, 1.807) is 25.2 Å². The molecule has 2 N–H and O–H groups in total. The first-order valence-electron chi connectivity index (χ1n) is 7.19. The van der Waals surface area contributed by atoms with Crippen LogP contribution in [0.5, 0.6) is 11.5 Å². The number of anilines is 1. The molecule has 0 radical (unpaired) electrons. The monoisotopic (exact) mass is 363 g/mol. The van der Waals surface area contributed by atoms with Crippen molar-refractivity contribution in [3.05, 3.63) is 18.2 Å². The van der Waals surface area contributed by atoms with E-state index in [4.69, 9.17) is 15.2 Å². The molecule has 0 saturated heterocycles. The Hall–Kier alpha value is -2.88. The van der Waals surface area contributed by atoms with Gasteiger partial charge in [0.2, 0.25) is 15.0 Å². The lowest BCUT2D eigenvalue weighted by molar-refractivity contribution is 0.355. The molecule has 132 valence electrons. The van der Waals surface area contributed by atoms with E-state index < -0.39 is 9.84 Å². The number of hydrogen-bond donors (Lipinski definition) is 1. The predicted molar refractivity (Wildman–Crippen MR) is 92.4 cm³/mol. The van der Waals surface area contributed by atoms with E-state index in [2.05, 4.69) is 15.1 Å². The van der Waals surface area contributed by atoms with E-state index in [1.165, 1.54) is 18.9 Å². The molecule has 9 nitrogen and oxygen atoms in total. The van der Waals surface area contributed by atoms with Crippen molar-refractivity contribution in [3.8, 4) is 22.8 Å². The summed E-state index contributed by atoms with van der Waals surface area (Å²) in [5, 5.41) is 4.33. The smallest absolute Gasteiger partial charge is 0.249 e. The van der Waals surface area contributed by atoms with Gasteiger partial charge < -0.3 is 15.2 Å². The Morgan fingerprint density at radius 1 is 1.12 bits per heavy atom. The Morgan fingerprint density at radius 2 is 1.80 bits per heavy atom. The largest absolute Gasteiger partial charge is 0.493 e. The number of fused-ring (bicyclic) bond motifs is 1. The van der Waals surface area contributed by atoms with Gasteiger partial charge in [0, 0.05) is 18.9 Å². The second-order valence-corrected chi connectivity index (χ2v) is 7.31. The average molecular weight is 363 g/mol. The summed E-state index contributed by atoms with van der Waals surface area (Å²) >= 11 is 0. The van der Waals surface area contributed by atoms with E-state index in [1.807, 2.05) is 0 Å². The molecular formula is C15H17N5O4S. The quantitative estimate of drug-likeness (QED) is 0.682. The minimum absolute atomic E-state index is 0.209. The molecule has 0 amide bonds. The van der Waals surface area contributed by atoms with Crippen molar-refractivity contribution in [2.45, 2.75) is 5.16 Å². The van der Waals surface area contributed by atoms with Crippen LogP contribution >= 0.6 is 0 Å². The number of nitrogens with two attached hydrogens (primary N) is 1. The van der Waals surface area contributed by atoms with Gasteiger partial charge in [-0.2, -0.15) is 10.1 Å². The minimum Gasteiger partial charge on any atom is -0.493 e. The van der Waals surface area contributed by atoms with Crippen molar-refractivity contribution < 1.29 is 17.9 Å². The standard InChI is InChI=1S/C15H17N5O4S/c1-20-13(16)11-12(8-5-6-9(23-2)10(7-8)24-3)17-15(25(4,21)22)18-14(11)19-20/h5-7H,16H2,1-4H3. The zero-order chi connectivity index (χ0) is 18.4. The highest BCUT2D eigenvalue weighted by molar-refractivity contribution is 7.90. The van der Waals surface area contributed by atoms with Crippen molar-refractivity contribution in [2.75, 3.05) is 26.2 Å². The average Bonchev–Trinajstić information content (AvgIpc) is 2.87. The number of rotatable bonds is 4. The number of aryl methyl sites for hydroxylation is 1. The predicted octanol–water partition coefficient (Wildman–Crippen LogP) is 1.03. The maximum Gasteiger partial charge on any atom is 0.249 e. The van der Waals surface area contributed by atoms with Gasteiger partial charge in [-0.25, -0.2) is 13.4 Å². The summed E-state index contributed by atoms with van der Waals surface area (Å²) in [5.41, 5.74) is 7.25. The third-order valence-corrected chi connectivity index (χ3v) is 4.55. The molecule has 1 aromatic carbocycles. The number of benzene rings is 1. The Morgan fingerprint density at radius 3 is 2.40 bits per heavy atom. The zero-order valence-corrected chi connectivity index (χ0v) is 15.0. The SMILES string of the molecule is COc1ccc(-c2nc(S(C)(=O)=O)nc3nn(C)c(N)c23)cc1OC. The first-order valence-corrected chi connectivity index (χ1v) is 9.08. The molecule has 25 heavy (non-hydrogen) atoms. The highest BCUT2D eigenvalue weighted by Gasteiger charge is 2.22. The lowest BCUT2D eigenvalue weighted by Gasteiger charge is -2.10. The summed E-state index contributed by atoms with van der Waals surface area (Å²) in [7, 11) is 1.06. The van der Waals surface area contributed by atoms with Crippen molar-refractivity contribution in [1.82, 2.24) is 19.7 Å². The first kappa shape index (κ1) is 17.0. The molecule has 2 heterocycles. The van der Waals surface area contributed by atoms with Crippen LogP contribution < -0.4 is 15.2 Å². The van der Waals surface area contributed by atoms with E-state index in [9.17, 15) is 8.42 Å². The van der Waals surface area contributed by atoms with Crippen LogP contribution in [0.1, 0.15) is 0 Å². The van der Waals surface area contributed by atoms with E-state index >= 15 is 0 Å². The third-order valence-electron chi connectivity index (χ3n) is 3.71. The lowest BCUT2D eigenvalue weighted by Crippen LogP contribution is -2.06. The summed E-state index contributed by atoms with van der Waals surface area (Å²) in [6.07, 6.45) is 1.04. The van der Waals surface area contributed by atoms with E-state index in [0.717, 1.165) is 6.26 Å². The molecule has 0 spiro atoms. The molecule has 3 aromatic rings. The second kappa shape index (κ2) is 5.88. The van der Waals surface area contributed by atoms with Gasteiger partial charge >= 0.3 is 0 Å². The fraction of sp³-hybridized carbons (Fsp3) is 0.267. The minimum atomic E-state index is -3.63. The van der Waals surface area contributed by atoms with Gasteiger partial charge in [0.05, 0.1) is 25.3 Å². The molecule has 10 heteroatoms. The van der Waals surface area contributed by atoms with Crippen LogP contribution in [0.15, 0.2) is 23.4 Å². The van der Waals surface area contributed by atoms with E-state index in [-0.39, 0.29) is 10.8 Å². The van der Waals surface area contributed by atoms with Gasteiger partial charge in [-0.15, -0.1) is 0 Å². The van der Waals surface area contributed by atoms with Gasteiger partial charge in [-0.3, -0.25) is 4.68 Å². The van der Waals surface area contributed by atoms with Gasteiger partial charge in [0.1, 0.15) is 5.82 Å². The number of sulfone groups is 1. The van der Waals surface area contributed by atoms with Crippen molar-refractivity contribution in [1.29, 1.82) is 0 Å². The topological polar surface area (TPSA) is 122 Å². The van der Waals surface area contributed by atoms with Crippen molar-refractivity contribution >= 4 is 26.7 Å². The van der Waals surface area contributed by atoms with Gasteiger partial charge in [-0.05, 0) is 18.2 Å². The summed E-state index contributed by atoms with van der Waals surface area (Å²) in [6, 6.07) is 5.13. The Kier molecular flexibility index (Phi) is 3.99. The number of nitrogens with zero attached hydrogens (tertiary/aromatic N) is 4. The van der Waals surface area contributed by atoms with Gasteiger partial charge in [0.25, 0.3) is 0 Å². The van der Waals surface area contributed by atoms with Crippen LogP contribution in [0.4, 0.5) is 5.82 Å². The maximum absolute atomic E-state index is 11.9. The Balaban J connectivity index is 2.38. The van der Waals surface area contributed by atoms with Gasteiger partial charge in [0.15, 0.2) is 17.1 Å². The number of nitrogen functional groups attached to an aromatic ring is 1. The van der Waals surface area contributed by atoms with Crippen molar-refractivity contribution in [2.24, 2.45) is 7.05 Å². The second-order valence-electron chi connectivity index (χ2n) is 5.40. The Labute approximate surface area is 144 Å². The summed E-state index contributed by atoms with van der Waals surface area (Å²) in [6.45, 7) is 0. The molecule has 0 unspecified atom stereocenters. The highest BCUT2D eigenvalue weighted by Crippen LogP contribution is 2.36. The normalized spacial score (nSPS) is 11.7. The molecule has 0 atom stereocenters. The molecule has 0 aliphatic heterocycles. The number of ether oxygens (including phenoxy) is 2. The molecule has 0 fully saturated rings. The van der Waals surface area contributed by atoms with Gasteiger partial charge in [-0.1, -0.05) is 0 Å².